The molecule has 2 aliphatic rings. The number of carbonyl (C=O) groups excluding carboxylic acids is 4. The summed E-state index contributed by atoms with van der Waals surface area (Å²) in [4.78, 5) is 55.8. The largest absolute Gasteiger partial charge is 0.378 e. The van der Waals surface area contributed by atoms with Gasteiger partial charge in [-0.25, -0.2) is 4.79 Å². The van der Waals surface area contributed by atoms with Crippen LogP contribution in [0.3, 0.4) is 0 Å². The molecular formula is C26H37N3O5. The van der Waals surface area contributed by atoms with Gasteiger partial charge in [-0.1, -0.05) is 69.4 Å². The molecule has 8 heteroatoms. The van der Waals surface area contributed by atoms with Gasteiger partial charge in [0, 0.05) is 24.7 Å². The number of hydrogen-bond donors (Lipinski definition) is 1. The number of carbonyl (C=O) groups is 4. The van der Waals surface area contributed by atoms with Crippen molar-refractivity contribution in [3.05, 3.63) is 35.9 Å². The van der Waals surface area contributed by atoms with Crippen LogP contribution >= 0.6 is 0 Å². The summed E-state index contributed by atoms with van der Waals surface area (Å²) in [7, 11) is 0. The molecule has 34 heavy (non-hydrogen) atoms. The second-order valence-corrected chi connectivity index (χ2v) is 9.08. The van der Waals surface area contributed by atoms with Crippen LogP contribution in [0.25, 0.3) is 0 Å². The molecule has 3 rings (SSSR count). The van der Waals surface area contributed by atoms with Crippen LogP contribution in [-0.4, -0.2) is 78.2 Å². The van der Waals surface area contributed by atoms with Crippen molar-refractivity contribution in [2.45, 2.75) is 70.4 Å². The lowest BCUT2D eigenvalue weighted by molar-refractivity contribution is -0.141. The van der Waals surface area contributed by atoms with Crippen LogP contribution in [0.15, 0.2) is 30.3 Å². The van der Waals surface area contributed by atoms with Crippen molar-refractivity contribution in [3.8, 4) is 0 Å². The summed E-state index contributed by atoms with van der Waals surface area (Å²) in [6, 6.07) is 7.58. The maximum Gasteiger partial charge on any atom is 0.321 e. The molecule has 1 aromatic carbocycles. The summed E-state index contributed by atoms with van der Waals surface area (Å²) in [5.74, 6) is -1.71. The number of hydrogen-bond acceptors (Lipinski definition) is 5. The lowest BCUT2D eigenvalue weighted by Gasteiger charge is -2.42. The molecule has 0 spiro atoms. The molecule has 3 amide bonds. The molecule has 2 fully saturated rings. The summed E-state index contributed by atoms with van der Waals surface area (Å²) in [6.45, 7) is 3.67. The Labute approximate surface area is 202 Å². The quantitative estimate of drug-likeness (QED) is 0.418. The van der Waals surface area contributed by atoms with Crippen LogP contribution in [0.4, 0.5) is 4.79 Å². The van der Waals surface area contributed by atoms with E-state index in [-0.39, 0.29) is 24.4 Å². The maximum absolute atomic E-state index is 13.6. The molecule has 0 unspecified atom stereocenters. The zero-order chi connectivity index (χ0) is 24.3. The van der Waals surface area contributed by atoms with Gasteiger partial charge < -0.3 is 19.9 Å². The maximum atomic E-state index is 13.6. The van der Waals surface area contributed by atoms with Gasteiger partial charge in [-0.2, -0.15) is 0 Å². The smallest absolute Gasteiger partial charge is 0.321 e. The average molecular weight is 472 g/mol. The number of Topliss-reactive ketones (excluding diaryl/α,β-unsaturated/α-hetero) is 2. The van der Waals surface area contributed by atoms with Crippen LogP contribution in [0.1, 0.15) is 68.6 Å². The van der Waals surface area contributed by atoms with Gasteiger partial charge in [-0.3, -0.25) is 14.4 Å². The van der Waals surface area contributed by atoms with Crippen molar-refractivity contribution < 1.29 is 23.9 Å². The van der Waals surface area contributed by atoms with Crippen molar-refractivity contribution in [1.29, 1.82) is 0 Å². The monoisotopic (exact) mass is 471 g/mol. The molecule has 8 nitrogen and oxygen atoms in total. The van der Waals surface area contributed by atoms with Gasteiger partial charge >= 0.3 is 6.03 Å². The van der Waals surface area contributed by atoms with E-state index in [1.807, 2.05) is 13.0 Å². The molecule has 1 heterocycles. The van der Waals surface area contributed by atoms with Crippen LogP contribution in [0.2, 0.25) is 0 Å². The van der Waals surface area contributed by atoms with Crippen molar-refractivity contribution in [3.63, 3.8) is 0 Å². The summed E-state index contributed by atoms with van der Waals surface area (Å²) < 4.78 is 5.40. The summed E-state index contributed by atoms with van der Waals surface area (Å²) >= 11 is 0. The summed E-state index contributed by atoms with van der Waals surface area (Å²) in [5.41, 5.74) is 0.476. The number of ketones is 2. The van der Waals surface area contributed by atoms with Crippen LogP contribution in [-0.2, 0) is 14.3 Å². The fourth-order valence-corrected chi connectivity index (χ4v) is 4.74. The SMILES string of the molecule is CCCC[C@@H](C(=O)C(=O)NCC(=O)c1ccccc1)N(C(=O)N1CCOCC1)C1CCCCC1. The topological polar surface area (TPSA) is 96.0 Å². The number of unbranched alkanes of at least 4 members (excludes halogenated alkanes) is 1. The first kappa shape index (κ1) is 25.9. The molecule has 1 atom stereocenters. The fraction of sp³-hybridized carbons (Fsp3) is 0.615. The number of rotatable bonds is 10. The molecule has 1 aliphatic carbocycles. The fourth-order valence-electron chi connectivity index (χ4n) is 4.74. The van der Waals surface area contributed by atoms with Gasteiger partial charge in [0.25, 0.3) is 5.91 Å². The molecule has 1 aromatic rings. The van der Waals surface area contributed by atoms with Crippen LogP contribution < -0.4 is 5.32 Å². The zero-order valence-corrected chi connectivity index (χ0v) is 20.2. The van der Waals surface area contributed by atoms with Crippen molar-refractivity contribution in [1.82, 2.24) is 15.1 Å². The van der Waals surface area contributed by atoms with E-state index < -0.39 is 17.7 Å². The van der Waals surface area contributed by atoms with E-state index >= 15 is 0 Å². The Kier molecular flexibility index (Phi) is 10.1. The molecule has 186 valence electrons. The zero-order valence-electron chi connectivity index (χ0n) is 20.2. The first-order valence-electron chi connectivity index (χ1n) is 12.6. The summed E-state index contributed by atoms with van der Waals surface area (Å²) in [6.07, 6.45) is 6.80. The number of amides is 3. The molecule has 0 bridgehead atoms. The lowest BCUT2D eigenvalue weighted by atomic mass is 9.91. The first-order chi connectivity index (χ1) is 16.5. The summed E-state index contributed by atoms with van der Waals surface area (Å²) in [5, 5.41) is 2.50. The average Bonchev–Trinajstić information content (AvgIpc) is 2.90. The normalized spacial score (nSPS) is 17.6. The van der Waals surface area contributed by atoms with E-state index in [9.17, 15) is 19.2 Å². The third-order valence-electron chi connectivity index (χ3n) is 6.67. The van der Waals surface area contributed by atoms with E-state index in [2.05, 4.69) is 5.32 Å². The van der Waals surface area contributed by atoms with Crippen LogP contribution in [0.5, 0.6) is 0 Å². The Balaban J connectivity index is 1.76. The number of nitrogens with zero attached hydrogens (tertiary/aromatic N) is 2. The highest BCUT2D eigenvalue weighted by atomic mass is 16.5. The Bertz CT molecular complexity index is 832. The number of morpholine rings is 1. The van der Waals surface area contributed by atoms with E-state index in [4.69, 9.17) is 4.74 Å². The predicted molar refractivity (Wildman–Crippen MR) is 129 cm³/mol. The first-order valence-corrected chi connectivity index (χ1v) is 12.6. The van der Waals surface area contributed by atoms with Gasteiger partial charge in [-0.15, -0.1) is 0 Å². The van der Waals surface area contributed by atoms with Gasteiger partial charge in [0.15, 0.2) is 5.78 Å². The highest BCUT2D eigenvalue weighted by molar-refractivity contribution is 6.38. The lowest BCUT2D eigenvalue weighted by Crippen LogP contribution is -2.59. The van der Waals surface area contributed by atoms with Crippen LogP contribution in [0, 0.1) is 0 Å². The molecule has 1 aliphatic heterocycles. The predicted octanol–water partition coefficient (Wildman–Crippen LogP) is 3.20. The molecule has 0 aromatic heterocycles. The highest BCUT2D eigenvalue weighted by Crippen LogP contribution is 2.28. The Morgan fingerprint density at radius 2 is 1.74 bits per heavy atom. The molecule has 1 N–H and O–H groups in total. The highest BCUT2D eigenvalue weighted by Gasteiger charge is 2.40. The third-order valence-corrected chi connectivity index (χ3v) is 6.67. The minimum absolute atomic E-state index is 0.0614. The second-order valence-electron chi connectivity index (χ2n) is 9.08. The van der Waals surface area contributed by atoms with E-state index in [0.717, 1.165) is 44.9 Å². The van der Waals surface area contributed by atoms with Gasteiger partial charge in [0.05, 0.1) is 19.8 Å². The number of nitrogens with one attached hydrogen (secondary N) is 1. The van der Waals surface area contributed by atoms with Gasteiger partial charge in [0.2, 0.25) is 5.78 Å². The minimum atomic E-state index is -0.828. The number of ether oxygens (including phenoxy) is 1. The van der Waals surface area contributed by atoms with Gasteiger partial charge in [-0.05, 0) is 19.3 Å². The Morgan fingerprint density at radius 3 is 2.38 bits per heavy atom. The van der Waals surface area contributed by atoms with Crippen molar-refractivity contribution in [2.24, 2.45) is 0 Å². The minimum Gasteiger partial charge on any atom is -0.378 e. The van der Waals surface area contributed by atoms with Gasteiger partial charge in [0.1, 0.15) is 6.04 Å². The molecule has 0 radical (unpaired) electrons. The molecule has 1 saturated carbocycles. The van der Waals surface area contributed by atoms with E-state index in [1.54, 1.807) is 34.1 Å². The Morgan fingerprint density at radius 1 is 1.06 bits per heavy atom. The van der Waals surface area contributed by atoms with Crippen molar-refractivity contribution >= 4 is 23.5 Å². The standard InChI is InChI=1S/C26H37N3O5/c1-2-3-14-22(24(31)25(32)27-19-23(30)20-10-6-4-7-11-20)29(21-12-8-5-9-13-21)26(33)28-15-17-34-18-16-28/h4,6-7,10-11,21-22H,2-3,5,8-9,12-19H2,1H3,(H,27,32)/t22-/m0/s1. The Hall–Kier alpha value is -2.74. The third kappa shape index (κ3) is 6.88. The number of urea groups is 1. The number of benzene rings is 1. The van der Waals surface area contributed by atoms with Crippen molar-refractivity contribution in [2.75, 3.05) is 32.8 Å². The van der Waals surface area contributed by atoms with E-state index in [0.29, 0.717) is 38.3 Å². The molecular weight excluding hydrogens is 434 g/mol. The van der Waals surface area contributed by atoms with E-state index in [1.165, 1.54) is 0 Å². The second kappa shape index (κ2) is 13.2. The molecule has 1 saturated heterocycles.